The normalized spacial score (nSPS) is 17.0. The van der Waals surface area contributed by atoms with Crippen molar-refractivity contribution in [2.24, 2.45) is 0 Å². The molecule has 36 heavy (non-hydrogen) atoms. The third kappa shape index (κ3) is 4.19. The molecule has 12 nitrogen and oxygen atoms in total. The maximum absolute atomic E-state index is 12.9. The van der Waals surface area contributed by atoms with Gasteiger partial charge in [-0.3, -0.25) is 9.78 Å². The molecule has 6 heterocycles. The number of amides is 1. The lowest BCUT2D eigenvalue weighted by Gasteiger charge is -2.33. The zero-order chi connectivity index (χ0) is 24.5. The third-order valence-corrected chi connectivity index (χ3v) is 6.70. The molecular formula is C24H26N10O2. The van der Waals surface area contributed by atoms with Crippen LogP contribution in [0.15, 0.2) is 43.2 Å². The van der Waals surface area contributed by atoms with Gasteiger partial charge in [0.2, 0.25) is 11.9 Å². The van der Waals surface area contributed by atoms with Crippen LogP contribution in [0.1, 0.15) is 29.2 Å². The summed E-state index contributed by atoms with van der Waals surface area (Å²) in [6.07, 6.45) is 10.0. The standard InChI is InChI=1S/C24H26N10O2/c25-23-27-13-17(14-28-23)19-20-21(31-24(30-19)33-8-10-36-11-9-33)34(15-29-20)18-3-6-32(7-4-18)22(35)16-2-1-5-26-12-16/h1-2,5,12-15,18H,3-4,6-11H2,(H2,25,27,28). The number of nitrogen functional groups attached to an aromatic ring is 1. The van der Waals surface area contributed by atoms with Crippen LogP contribution in [-0.2, 0) is 4.74 Å². The zero-order valence-electron chi connectivity index (χ0n) is 19.7. The number of anilines is 2. The maximum atomic E-state index is 12.9. The molecule has 2 N–H and O–H groups in total. The number of hydrogen-bond donors (Lipinski definition) is 1. The molecule has 6 rings (SSSR count). The van der Waals surface area contributed by atoms with Crippen molar-refractivity contribution in [2.75, 3.05) is 50.0 Å². The van der Waals surface area contributed by atoms with E-state index in [0.717, 1.165) is 24.1 Å². The van der Waals surface area contributed by atoms with Crippen molar-refractivity contribution in [3.05, 3.63) is 48.8 Å². The van der Waals surface area contributed by atoms with Crippen LogP contribution in [0.5, 0.6) is 0 Å². The Balaban J connectivity index is 1.32. The highest BCUT2D eigenvalue weighted by atomic mass is 16.5. The number of nitrogens with two attached hydrogens (primary N) is 1. The second-order valence-electron chi connectivity index (χ2n) is 8.89. The molecule has 2 fully saturated rings. The highest BCUT2D eigenvalue weighted by molar-refractivity contribution is 5.94. The maximum Gasteiger partial charge on any atom is 0.255 e. The molecule has 2 aliphatic heterocycles. The number of pyridine rings is 1. The molecule has 4 aromatic rings. The van der Waals surface area contributed by atoms with Crippen molar-refractivity contribution >= 4 is 29.0 Å². The van der Waals surface area contributed by atoms with Gasteiger partial charge in [0.05, 0.1) is 25.1 Å². The Morgan fingerprint density at radius 1 is 1.00 bits per heavy atom. The SMILES string of the molecule is Nc1ncc(-c2nc(N3CCOCC3)nc3c2ncn3C2CCN(C(=O)c3cccnc3)CC2)cn1. The van der Waals surface area contributed by atoms with Crippen molar-refractivity contribution < 1.29 is 9.53 Å². The van der Waals surface area contributed by atoms with Gasteiger partial charge in [0.1, 0.15) is 11.2 Å². The molecule has 0 spiro atoms. The molecular weight excluding hydrogens is 460 g/mol. The fourth-order valence-electron chi connectivity index (χ4n) is 4.76. The first kappa shape index (κ1) is 22.3. The van der Waals surface area contributed by atoms with Gasteiger partial charge in [-0.1, -0.05) is 0 Å². The first-order chi connectivity index (χ1) is 17.7. The summed E-state index contributed by atoms with van der Waals surface area (Å²) in [5.41, 5.74) is 9.17. The number of ether oxygens (including phenoxy) is 1. The molecule has 0 aliphatic carbocycles. The largest absolute Gasteiger partial charge is 0.378 e. The number of carbonyl (C=O) groups is 1. The summed E-state index contributed by atoms with van der Waals surface area (Å²) in [5.74, 6) is 0.846. The van der Waals surface area contributed by atoms with E-state index in [0.29, 0.717) is 62.1 Å². The van der Waals surface area contributed by atoms with Gasteiger partial charge in [-0.05, 0) is 25.0 Å². The smallest absolute Gasteiger partial charge is 0.255 e. The summed E-state index contributed by atoms with van der Waals surface area (Å²) in [7, 11) is 0. The Bertz CT molecular complexity index is 1360. The van der Waals surface area contributed by atoms with E-state index < -0.39 is 0 Å². The number of nitrogens with zero attached hydrogens (tertiary/aromatic N) is 9. The number of aromatic nitrogens is 7. The van der Waals surface area contributed by atoms with Crippen LogP contribution in [0.25, 0.3) is 22.4 Å². The van der Waals surface area contributed by atoms with Gasteiger partial charge in [-0.15, -0.1) is 0 Å². The second kappa shape index (κ2) is 9.46. The fraction of sp³-hybridized carbons (Fsp3) is 0.375. The number of piperidine rings is 1. The van der Waals surface area contributed by atoms with E-state index in [1.54, 1.807) is 36.9 Å². The van der Waals surface area contributed by atoms with Crippen molar-refractivity contribution in [1.29, 1.82) is 0 Å². The van der Waals surface area contributed by atoms with Crippen molar-refractivity contribution in [3.8, 4) is 11.3 Å². The summed E-state index contributed by atoms with van der Waals surface area (Å²) in [6.45, 7) is 3.99. The number of likely N-dealkylation sites (tertiary alicyclic amines) is 1. The number of carbonyl (C=O) groups excluding carboxylic acids is 1. The van der Waals surface area contributed by atoms with Crippen LogP contribution in [0, 0.1) is 0 Å². The third-order valence-electron chi connectivity index (χ3n) is 6.70. The van der Waals surface area contributed by atoms with Crippen LogP contribution in [0.2, 0.25) is 0 Å². The van der Waals surface area contributed by atoms with Crippen molar-refractivity contribution in [1.82, 2.24) is 39.4 Å². The Morgan fingerprint density at radius 3 is 2.50 bits per heavy atom. The minimum Gasteiger partial charge on any atom is -0.378 e. The molecule has 4 aromatic heterocycles. The van der Waals surface area contributed by atoms with Gasteiger partial charge in [-0.25, -0.2) is 19.9 Å². The molecule has 0 saturated carbocycles. The van der Waals surface area contributed by atoms with Crippen LogP contribution in [0.4, 0.5) is 11.9 Å². The van der Waals surface area contributed by atoms with E-state index >= 15 is 0 Å². The highest BCUT2D eigenvalue weighted by Crippen LogP contribution is 2.32. The molecule has 2 aliphatic rings. The number of morpholine rings is 1. The summed E-state index contributed by atoms with van der Waals surface area (Å²) >= 11 is 0. The average Bonchev–Trinajstić information content (AvgIpc) is 3.38. The van der Waals surface area contributed by atoms with Gasteiger partial charge in [0, 0.05) is 62.6 Å². The quantitative estimate of drug-likeness (QED) is 0.452. The predicted molar refractivity (Wildman–Crippen MR) is 132 cm³/mol. The molecule has 12 heteroatoms. The highest BCUT2D eigenvalue weighted by Gasteiger charge is 2.28. The van der Waals surface area contributed by atoms with Crippen molar-refractivity contribution in [3.63, 3.8) is 0 Å². The number of hydrogen-bond acceptors (Lipinski definition) is 10. The summed E-state index contributed by atoms with van der Waals surface area (Å²) in [5, 5.41) is 0. The number of fused-ring (bicyclic) bond motifs is 1. The van der Waals surface area contributed by atoms with Crippen LogP contribution in [-0.4, -0.2) is 84.7 Å². The van der Waals surface area contributed by atoms with Crippen LogP contribution in [0.3, 0.4) is 0 Å². The topological polar surface area (TPSA) is 141 Å². The van der Waals surface area contributed by atoms with E-state index in [1.165, 1.54) is 0 Å². The van der Waals surface area contributed by atoms with Gasteiger partial charge in [0.25, 0.3) is 5.91 Å². The zero-order valence-corrected chi connectivity index (χ0v) is 19.7. The second-order valence-corrected chi connectivity index (χ2v) is 8.89. The summed E-state index contributed by atoms with van der Waals surface area (Å²) in [4.78, 5) is 43.7. The van der Waals surface area contributed by atoms with E-state index in [1.807, 2.05) is 11.2 Å². The Labute approximate surface area is 207 Å². The first-order valence-corrected chi connectivity index (χ1v) is 12.0. The van der Waals surface area contributed by atoms with E-state index in [-0.39, 0.29) is 17.9 Å². The van der Waals surface area contributed by atoms with E-state index in [4.69, 9.17) is 25.4 Å². The Hall–Kier alpha value is -4.19. The van der Waals surface area contributed by atoms with Gasteiger partial charge < -0.3 is 24.8 Å². The van der Waals surface area contributed by atoms with E-state index in [2.05, 4.69) is 24.4 Å². The average molecular weight is 487 g/mol. The van der Waals surface area contributed by atoms with Crippen LogP contribution < -0.4 is 10.6 Å². The molecule has 0 atom stereocenters. The minimum atomic E-state index is 0.0135. The fourth-order valence-corrected chi connectivity index (χ4v) is 4.76. The molecule has 0 radical (unpaired) electrons. The lowest BCUT2D eigenvalue weighted by molar-refractivity contribution is 0.0695. The minimum absolute atomic E-state index is 0.0135. The lowest BCUT2D eigenvalue weighted by atomic mass is 10.0. The molecule has 184 valence electrons. The Kier molecular flexibility index (Phi) is 5.85. The molecule has 2 saturated heterocycles. The Morgan fingerprint density at radius 2 is 1.78 bits per heavy atom. The first-order valence-electron chi connectivity index (χ1n) is 12.0. The van der Waals surface area contributed by atoms with E-state index in [9.17, 15) is 4.79 Å². The molecule has 0 unspecified atom stereocenters. The summed E-state index contributed by atoms with van der Waals surface area (Å²) in [6, 6.07) is 3.75. The van der Waals surface area contributed by atoms with Gasteiger partial charge >= 0.3 is 0 Å². The predicted octanol–water partition coefficient (Wildman–Crippen LogP) is 1.57. The van der Waals surface area contributed by atoms with Crippen molar-refractivity contribution in [2.45, 2.75) is 18.9 Å². The number of imidazole rings is 1. The van der Waals surface area contributed by atoms with Crippen LogP contribution >= 0.6 is 0 Å². The molecule has 0 bridgehead atoms. The van der Waals surface area contributed by atoms with Gasteiger partial charge in [-0.2, -0.15) is 4.98 Å². The number of rotatable bonds is 4. The monoisotopic (exact) mass is 486 g/mol. The molecule has 0 aromatic carbocycles. The molecule has 1 amide bonds. The van der Waals surface area contributed by atoms with Gasteiger partial charge in [0.15, 0.2) is 5.65 Å². The lowest BCUT2D eigenvalue weighted by Crippen LogP contribution is -2.39. The summed E-state index contributed by atoms with van der Waals surface area (Å²) < 4.78 is 7.64.